The van der Waals surface area contributed by atoms with Crippen molar-refractivity contribution in [3.63, 3.8) is 0 Å². The highest BCUT2D eigenvalue weighted by atomic mass is 19.4. The number of nitrogens with zero attached hydrogens (tertiary/aromatic N) is 2. The summed E-state index contributed by atoms with van der Waals surface area (Å²) in [5.74, 6) is 0. The van der Waals surface area contributed by atoms with E-state index in [-0.39, 0.29) is 11.6 Å². The van der Waals surface area contributed by atoms with Gasteiger partial charge in [-0.05, 0) is 40.7 Å². The molecule has 102 valence electrons. The molecular formula is C12H23F3N2. The molecule has 1 rings (SSSR count). The van der Waals surface area contributed by atoms with Gasteiger partial charge in [0.15, 0.2) is 0 Å². The molecule has 0 aromatic heterocycles. The van der Waals surface area contributed by atoms with Gasteiger partial charge in [0.25, 0.3) is 0 Å². The van der Waals surface area contributed by atoms with Crippen LogP contribution < -0.4 is 0 Å². The smallest absolute Gasteiger partial charge is 0.298 e. The van der Waals surface area contributed by atoms with Crippen molar-refractivity contribution >= 4 is 0 Å². The molecule has 0 bridgehead atoms. The summed E-state index contributed by atoms with van der Waals surface area (Å²) in [4.78, 5) is 3.78. The first-order valence-electron chi connectivity index (χ1n) is 6.11. The van der Waals surface area contributed by atoms with Crippen molar-refractivity contribution < 1.29 is 13.2 Å². The first-order chi connectivity index (χ1) is 7.59. The van der Waals surface area contributed by atoms with Gasteiger partial charge in [0.2, 0.25) is 0 Å². The Kier molecular flexibility index (Phi) is 4.47. The Hall–Kier alpha value is -0.290. The van der Waals surface area contributed by atoms with Gasteiger partial charge in [-0.3, -0.25) is 9.80 Å². The lowest BCUT2D eigenvalue weighted by Crippen LogP contribution is -2.51. The van der Waals surface area contributed by atoms with Crippen LogP contribution in [0, 0.1) is 0 Å². The van der Waals surface area contributed by atoms with Crippen LogP contribution in [0.2, 0.25) is 0 Å². The Balaban J connectivity index is 2.42. The fourth-order valence-corrected chi connectivity index (χ4v) is 2.39. The van der Waals surface area contributed by atoms with E-state index in [1.54, 1.807) is 7.05 Å². The van der Waals surface area contributed by atoms with Crippen molar-refractivity contribution in [3.8, 4) is 0 Å². The van der Waals surface area contributed by atoms with Crippen LogP contribution in [-0.4, -0.2) is 54.2 Å². The highest BCUT2D eigenvalue weighted by Crippen LogP contribution is 2.24. The molecular weight excluding hydrogens is 229 g/mol. The van der Waals surface area contributed by atoms with E-state index < -0.39 is 12.7 Å². The third kappa shape index (κ3) is 4.84. The van der Waals surface area contributed by atoms with Crippen LogP contribution in [0.3, 0.4) is 0 Å². The number of hydrogen-bond donors (Lipinski definition) is 0. The van der Waals surface area contributed by atoms with Gasteiger partial charge < -0.3 is 0 Å². The standard InChI is InChI=1S/C12H23F3N2/c1-11(2,3)17-7-5-10(6-8-17)16(4)9-12(13,14)15/h10H,5-9H2,1-4H3. The van der Waals surface area contributed by atoms with Crippen LogP contribution in [0.4, 0.5) is 13.2 Å². The lowest BCUT2D eigenvalue weighted by Gasteiger charge is -2.43. The Morgan fingerprint density at radius 3 is 1.94 bits per heavy atom. The molecule has 0 aromatic carbocycles. The molecule has 0 N–H and O–H groups in total. The van der Waals surface area contributed by atoms with Gasteiger partial charge in [-0.2, -0.15) is 13.2 Å². The summed E-state index contributed by atoms with van der Waals surface area (Å²) >= 11 is 0. The average molecular weight is 252 g/mol. The van der Waals surface area contributed by atoms with E-state index in [4.69, 9.17) is 0 Å². The van der Waals surface area contributed by atoms with Crippen LogP contribution in [0.1, 0.15) is 33.6 Å². The Bertz CT molecular complexity index is 237. The molecule has 1 aliphatic rings. The number of rotatable bonds is 2. The molecule has 0 saturated carbocycles. The van der Waals surface area contributed by atoms with Crippen LogP contribution in [0.25, 0.3) is 0 Å². The van der Waals surface area contributed by atoms with E-state index in [1.165, 1.54) is 4.90 Å². The van der Waals surface area contributed by atoms with Crippen molar-refractivity contribution in [1.29, 1.82) is 0 Å². The number of piperidine rings is 1. The molecule has 0 radical (unpaired) electrons. The summed E-state index contributed by atoms with van der Waals surface area (Å²) in [5.41, 5.74) is 0.119. The minimum absolute atomic E-state index is 0.0650. The molecule has 0 aromatic rings. The summed E-state index contributed by atoms with van der Waals surface area (Å²) in [5, 5.41) is 0. The maximum Gasteiger partial charge on any atom is 0.401 e. The molecule has 0 unspecified atom stereocenters. The van der Waals surface area contributed by atoms with Gasteiger partial charge in [0, 0.05) is 24.7 Å². The van der Waals surface area contributed by atoms with Gasteiger partial charge in [0.1, 0.15) is 0 Å². The molecule has 0 aliphatic carbocycles. The second-order valence-electron chi connectivity index (χ2n) is 5.92. The monoisotopic (exact) mass is 252 g/mol. The van der Waals surface area contributed by atoms with Crippen molar-refractivity contribution in [2.24, 2.45) is 0 Å². The van der Waals surface area contributed by atoms with Gasteiger partial charge >= 0.3 is 6.18 Å². The SMILES string of the molecule is CN(CC(F)(F)F)C1CCN(C(C)(C)C)CC1. The van der Waals surface area contributed by atoms with E-state index in [2.05, 4.69) is 25.7 Å². The Morgan fingerprint density at radius 2 is 1.59 bits per heavy atom. The van der Waals surface area contributed by atoms with E-state index in [1.807, 2.05) is 0 Å². The molecule has 1 heterocycles. The predicted molar refractivity (Wildman–Crippen MR) is 63.0 cm³/mol. The van der Waals surface area contributed by atoms with E-state index in [0.717, 1.165) is 25.9 Å². The van der Waals surface area contributed by atoms with Crippen LogP contribution in [-0.2, 0) is 0 Å². The Morgan fingerprint density at radius 1 is 1.12 bits per heavy atom. The lowest BCUT2D eigenvalue weighted by molar-refractivity contribution is -0.149. The van der Waals surface area contributed by atoms with Gasteiger partial charge in [-0.15, -0.1) is 0 Å². The van der Waals surface area contributed by atoms with Gasteiger partial charge in [-0.25, -0.2) is 0 Å². The zero-order valence-electron chi connectivity index (χ0n) is 11.1. The van der Waals surface area contributed by atoms with Crippen LogP contribution in [0.15, 0.2) is 0 Å². The number of likely N-dealkylation sites (tertiary alicyclic amines) is 1. The highest BCUT2D eigenvalue weighted by Gasteiger charge is 2.34. The molecule has 1 saturated heterocycles. The number of halogens is 3. The first kappa shape index (κ1) is 14.8. The van der Waals surface area contributed by atoms with Crippen molar-refractivity contribution in [3.05, 3.63) is 0 Å². The predicted octanol–water partition coefficient (Wildman–Crippen LogP) is 2.74. The van der Waals surface area contributed by atoms with Crippen molar-refractivity contribution in [1.82, 2.24) is 9.80 Å². The minimum atomic E-state index is -4.09. The summed E-state index contributed by atoms with van der Waals surface area (Å²) in [6.07, 6.45) is -2.44. The molecule has 1 fully saturated rings. The average Bonchev–Trinajstić information content (AvgIpc) is 2.14. The second kappa shape index (κ2) is 5.14. The molecule has 5 heteroatoms. The second-order valence-corrected chi connectivity index (χ2v) is 5.92. The molecule has 0 atom stereocenters. The molecule has 1 aliphatic heterocycles. The third-order valence-corrected chi connectivity index (χ3v) is 3.47. The minimum Gasteiger partial charge on any atom is -0.298 e. The zero-order chi connectivity index (χ0) is 13.3. The van der Waals surface area contributed by atoms with Crippen LogP contribution >= 0.6 is 0 Å². The molecule has 0 spiro atoms. The zero-order valence-corrected chi connectivity index (χ0v) is 11.1. The van der Waals surface area contributed by atoms with Crippen LogP contribution in [0.5, 0.6) is 0 Å². The van der Waals surface area contributed by atoms with Crippen molar-refractivity contribution in [2.45, 2.75) is 51.4 Å². The topological polar surface area (TPSA) is 6.48 Å². The molecule has 0 amide bonds. The lowest BCUT2D eigenvalue weighted by atomic mass is 9.97. The third-order valence-electron chi connectivity index (χ3n) is 3.47. The first-order valence-corrected chi connectivity index (χ1v) is 6.11. The maximum absolute atomic E-state index is 12.3. The fourth-order valence-electron chi connectivity index (χ4n) is 2.39. The fraction of sp³-hybridized carbons (Fsp3) is 1.00. The summed E-state index contributed by atoms with van der Waals surface area (Å²) in [6.45, 7) is 7.41. The van der Waals surface area contributed by atoms with Gasteiger partial charge in [0.05, 0.1) is 6.54 Å². The Labute approximate surface area is 102 Å². The van der Waals surface area contributed by atoms with E-state index in [0.29, 0.717) is 0 Å². The number of hydrogen-bond acceptors (Lipinski definition) is 2. The summed E-state index contributed by atoms with van der Waals surface area (Å²) < 4.78 is 36.8. The quantitative estimate of drug-likeness (QED) is 0.745. The molecule has 17 heavy (non-hydrogen) atoms. The maximum atomic E-state index is 12.3. The largest absolute Gasteiger partial charge is 0.401 e. The van der Waals surface area contributed by atoms with E-state index in [9.17, 15) is 13.2 Å². The van der Waals surface area contributed by atoms with Crippen molar-refractivity contribution in [2.75, 3.05) is 26.7 Å². The van der Waals surface area contributed by atoms with E-state index >= 15 is 0 Å². The molecule has 2 nitrogen and oxygen atoms in total. The summed E-state index contributed by atoms with van der Waals surface area (Å²) in [7, 11) is 1.57. The van der Waals surface area contributed by atoms with Gasteiger partial charge in [-0.1, -0.05) is 0 Å². The summed E-state index contributed by atoms with van der Waals surface area (Å²) in [6, 6.07) is 0.0650. The number of alkyl halides is 3. The highest BCUT2D eigenvalue weighted by molar-refractivity contribution is 4.85. The normalized spacial score (nSPS) is 21.2.